The molecule has 0 rings (SSSR count). The summed E-state index contributed by atoms with van der Waals surface area (Å²) in [5.74, 6) is -0.867. The number of rotatable bonds is 62. The van der Waals surface area contributed by atoms with Crippen molar-refractivity contribution < 1.29 is 28.6 Å². The number of hydrogen-bond acceptors (Lipinski definition) is 6. The van der Waals surface area contributed by atoms with Gasteiger partial charge in [-0.1, -0.05) is 333 Å². The molecule has 0 saturated heterocycles. The van der Waals surface area contributed by atoms with Crippen LogP contribution in [0.1, 0.15) is 361 Å². The Balaban J connectivity index is 4.17. The standard InChI is InChI=1S/C70H128O6/c1-4-7-10-13-16-19-22-24-26-28-30-31-32-33-34-35-36-37-38-40-41-43-45-48-51-54-57-60-63-69(72)75-66-67(65-74-68(71)62-59-56-53-50-47-21-18-15-12-9-6-3)76-70(73)64-61-58-55-52-49-46-44-42-39-29-27-25-23-20-17-14-11-8-5-2/h8,11,17,20,25,27,39,42,67H,4-7,9-10,12-16,18-19,21-24,26,28-38,40-41,43-66H2,1-3H3/b11-8-,20-17-,27-25-,42-39-. The molecule has 6 nitrogen and oxygen atoms in total. The average Bonchev–Trinajstić information content (AvgIpc) is 3.42. The fraction of sp³-hybridized carbons (Fsp3) is 0.843. The smallest absolute Gasteiger partial charge is 0.306 e. The molecule has 0 bridgehead atoms. The van der Waals surface area contributed by atoms with Crippen molar-refractivity contribution in [2.24, 2.45) is 0 Å². The quantitative estimate of drug-likeness (QED) is 0.0261. The second kappa shape index (κ2) is 64.9. The first-order valence-corrected chi connectivity index (χ1v) is 33.6. The van der Waals surface area contributed by atoms with Gasteiger partial charge >= 0.3 is 17.9 Å². The van der Waals surface area contributed by atoms with Crippen LogP contribution in [0.5, 0.6) is 0 Å². The summed E-state index contributed by atoms with van der Waals surface area (Å²) in [6.45, 7) is 6.57. The van der Waals surface area contributed by atoms with Gasteiger partial charge in [0.25, 0.3) is 0 Å². The minimum atomic E-state index is -0.778. The Kier molecular flexibility index (Phi) is 62.6. The molecule has 0 heterocycles. The van der Waals surface area contributed by atoms with Crippen LogP contribution in [0.3, 0.4) is 0 Å². The Morgan fingerprint density at radius 3 is 0.803 bits per heavy atom. The SMILES string of the molecule is CC/C=C\C/C=C\C/C=C\C/C=C\CCCCCCCCC(=O)OC(COC(=O)CCCCCCCCCCCCC)COC(=O)CCCCCCCCCCCCCCCCCCCCCCCCCCCCCC. The number of unbranched alkanes of at least 4 members (excludes halogenated alkanes) is 43. The molecule has 0 aromatic heterocycles. The zero-order chi connectivity index (χ0) is 55.0. The second-order valence-corrected chi connectivity index (χ2v) is 22.7. The maximum Gasteiger partial charge on any atom is 0.306 e. The number of carbonyl (C=O) groups excluding carboxylic acids is 3. The third-order valence-electron chi connectivity index (χ3n) is 15.1. The van der Waals surface area contributed by atoms with E-state index in [2.05, 4.69) is 69.4 Å². The van der Waals surface area contributed by atoms with Crippen LogP contribution in [0.25, 0.3) is 0 Å². The van der Waals surface area contributed by atoms with Crippen molar-refractivity contribution in [3.63, 3.8) is 0 Å². The lowest BCUT2D eigenvalue weighted by molar-refractivity contribution is -0.167. The summed E-state index contributed by atoms with van der Waals surface area (Å²) < 4.78 is 16.9. The van der Waals surface area contributed by atoms with E-state index >= 15 is 0 Å². The molecule has 0 aliphatic rings. The minimum Gasteiger partial charge on any atom is -0.462 e. The van der Waals surface area contributed by atoms with E-state index < -0.39 is 6.10 Å². The molecule has 76 heavy (non-hydrogen) atoms. The van der Waals surface area contributed by atoms with Crippen LogP contribution in [0.2, 0.25) is 0 Å². The van der Waals surface area contributed by atoms with Gasteiger partial charge in [-0.2, -0.15) is 0 Å². The highest BCUT2D eigenvalue weighted by Crippen LogP contribution is 2.18. The van der Waals surface area contributed by atoms with Crippen molar-refractivity contribution in [3.05, 3.63) is 48.6 Å². The molecule has 0 N–H and O–H groups in total. The van der Waals surface area contributed by atoms with E-state index in [4.69, 9.17) is 14.2 Å². The third kappa shape index (κ3) is 62.2. The third-order valence-corrected chi connectivity index (χ3v) is 15.1. The molecule has 0 aromatic rings. The molecule has 0 aliphatic carbocycles. The van der Waals surface area contributed by atoms with Gasteiger partial charge < -0.3 is 14.2 Å². The summed E-state index contributed by atoms with van der Waals surface area (Å²) in [7, 11) is 0. The fourth-order valence-corrected chi connectivity index (χ4v) is 10.1. The fourth-order valence-electron chi connectivity index (χ4n) is 10.1. The van der Waals surface area contributed by atoms with Gasteiger partial charge in [-0.15, -0.1) is 0 Å². The predicted octanol–water partition coefficient (Wildman–Crippen LogP) is 22.9. The molecule has 0 spiro atoms. The molecule has 0 aliphatic heterocycles. The van der Waals surface area contributed by atoms with Crippen molar-refractivity contribution in [1.29, 1.82) is 0 Å². The van der Waals surface area contributed by atoms with Gasteiger partial charge in [0.15, 0.2) is 6.10 Å². The molecule has 1 atom stereocenters. The van der Waals surface area contributed by atoms with Crippen LogP contribution in [-0.2, 0) is 28.6 Å². The summed E-state index contributed by atoms with van der Waals surface area (Å²) in [5.41, 5.74) is 0. The minimum absolute atomic E-state index is 0.0743. The van der Waals surface area contributed by atoms with Crippen molar-refractivity contribution >= 4 is 17.9 Å². The lowest BCUT2D eigenvalue weighted by Crippen LogP contribution is -2.30. The van der Waals surface area contributed by atoms with Gasteiger partial charge in [0.2, 0.25) is 0 Å². The average molecular weight is 1070 g/mol. The van der Waals surface area contributed by atoms with Gasteiger partial charge in [-0.3, -0.25) is 14.4 Å². The Hall–Kier alpha value is -2.63. The first-order chi connectivity index (χ1) is 37.5. The predicted molar refractivity (Wildman–Crippen MR) is 330 cm³/mol. The van der Waals surface area contributed by atoms with E-state index in [9.17, 15) is 14.4 Å². The normalized spacial score (nSPS) is 12.3. The molecule has 0 amide bonds. The summed E-state index contributed by atoms with van der Waals surface area (Å²) in [5, 5.41) is 0. The molecule has 0 fully saturated rings. The van der Waals surface area contributed by atoms with Gasteiger partial charge in [0.05, 0.1) is 0 Å². The zero-order valence-corrected chi connectivity index (χ0v) is 51.0. The van der Waals surface area contributed by atoms with E-state index in [0.29, 0.717) is 19.3 Å². The number of hydrogen-bond donors (Lipinski definition) is 0. The monoisotopic (exact) mass is 1060 g/mol. The Bertz CT molecular complexity index is 1310. The van der Waals surface area contributed by atoms with Crippen LogP contribution in [0, 0.1) is 0 Å². The summed E-state index contributed by atoms with van der Waals surface area (Å²) >= 11 is 0. The van der Waals surface area contributed by atoms with Gasteiger partial charge in [0, 0.05) is 19.3 Å². The first kappa shape index (κ1) is 73.4. The lowest BCUT2D eigenvalue weighted by Gasteiger charge is -2.18. The number of esters is 3. The lowest BCUT2D eigenvalue weighted by atomic mass is 10.0. The number of ether oxygens (including phenoxy) is 3. The van der Waals surface area contributed by atoms with Crippen LogP contribution in [0.15, 0.2) is 48.6 Å². The number of carbonyl (C=O) groups is 3. The van der Waals surface area contributed by atoms with Crippen LogP contribution < -0.4 is 0 Å². The zero-order valence-electron chi connectivity index (χ0n) is 51.0. The molecule has 0 saturated carbocycles. The van der Waals surface area contributed by atoms with Gasteiger partial charge in [-0.25, -0.2) is 0 Å². The Morgan fingerprint density at radius 2 is 0.513 bits per heavy atom. The van der Waals surface area contributed by atoms with E-state index in [-0.39, 0.29) is 31.1 Å². The van der Waals surface area contributed by atoms with Gasteiger partial charge in [-0.05, 0) is 57.8 Å². The van der Waals surface area contributed by atoms with E-state index in [1.54, 1.807) is 0 Å². The van der Waals surface area contributed by atoms with Gasteiger partial charge in [0.1, 0.15) is 13.2 Å². The van der Waals surface area contributed by atoms with Crippen molar-refractivity contribution in [2.75, 3.05) is 13.2 Å². The van der Waals surface area contributed by atoms with E-state index in [1.807, 2.05) is 0 Å². The molecule has 0 aromatic carbocycles. The molecule has 1 unspecified atom stereocenters. The van der Waals surface area contributed by atoms with Crippen LogP contribution >= 0.6 is 0 Å². The second-order valence-electron chi connectivity index (χ2n) is 22.7. The van der Waals surface area contributed by atoms with Crippen LogP contribution in [0.4, 0.5) is 0 Å². The highest BCUT2D eigenvalue weighted by atomic mass is 16.6. The maximum atomic E-state index is 12.9. The summed E-state index contributed by atoms with van der Waals surface area (Å²) in [6.07, 6.45) is 81.4. The van der Waals surface area contributed by atoms with Crippen LogP contribution in [-0.4, -0.2) is 37.2 Å². The Morgan fingerprint density at radius 1 is 0.276 bits per heavy atom. The highest BCUT2D eigenvalue weighted by Gasteiger charge is 2.19. The van der Waals surface area contributed by atoms with Crippen molar-refractivity contribution in [3.8, 4) is 0 Å². The first-order valence-electron chi connectivity index (χ1n) is 33.6. The van der Waals surface area contributed by atoms with Crippen molar-refractivity contribution in [1.82, 2.24) is 0 Å². The summed E-state index contributed by atoms with van der Waals surface area (Å²) in [6, 6.07) is 0. The van der Waals surface area contributed by atoms with E-state index in [1.165, 1.54) is 225 Å². The van der Waals surface area contributed by atoms with E-state index in [0.717, 1.165) is 96.3 Å². The maximum absolute atomic E-state index is 12.9. The molecule has 0 radical (unpaired) electrons. The highest BCUT2D eigenvalue weighted by molar-refractivity contribution is 5.71. The molecule has 444 valence electrons. The molecular weight excluding hydrogens is 937 g/mol. The molecular formula is C70H128O6. The molecule has 6 heteroatoms. The Labute approximate surface area is 473 Å². The topological polar surface area (TPSA) is 78.9 Å². The number of allylic oxidation sites excluding steroid dienone is 8. The largest absolute Gasteiger partial charge is 0.462 e. The summed E-state index contributed by atoms with van der Waals surface area (Å²) in [4.78, 5) is 38.3. The van der Waals surface area contributed by atoms with Crippen molar-refractivity contribution in [2.45, 2.75) is 367 Å².